The van der Waals surface area contributed by atoms with E-state index in [0.29, 0.717) is 37.9 Å². The number of ether oxygens (including phenoxy) is 1. The minimum atomic E-state index is -0.0255. The number of piperazine rings is 1. The fraction of sp³-hybridized carbons (Fsp3) is 0.591. The molecule has 15 rings (SSSR count). The van der Waals surface area contributed by atoms with Crippen molar-refractivity contribution in [1.29, 1.82) is 0 Å². The van der Waals surface area contributed by atoms with Crippen molar-refractivity contribution in [1.82, 2.24) is 35.1 Å². The molecule has 1 amide bonds. The lowest BCUT2D eigenvalue weighted by Crippen LogP contribution is -2.50. The molecule has 8 aliphatic rings. The molecule has 2 N–H and O–H groups in total. The highest BCUT2D eigenvalue weighted by atomic mass is 32.2. The summed E-state index contributed by atoms with van der Waals surface area (Å²) in [4.78, 5) is 26.6. The van der Waals surface area contributed by atoms with Crippen LogP contribution in [0.5, 0.6) is 0 Å². The number of carbonyl (C=O) groups is 1. The second-order valence-corrected chi connectivity index (χ2v) is 48.1. The van der Waals surface area contributed by atoms with E-state index in [2.05, 4.69) is 396 Å². The van der Waals surface area contributed by atoms with Gasteiger partial charge in [0.1, 0.15) is 5.25 Å². The number of morpholine rings is 1. The number of likely N-dealkylation sites (tertiary alicyclic amines) is 2. The highest BCUT2D eigenvalue weighted by Gasteiger charge is 2.32. The van der Waals surface area contributed by atoms with Crippen LogP contribution in [0.25, 0.3) is 11.1 Å². The molecular weight excluding hydrogens is 1560 g/mol. The maximum absolute atomic E-state index is 11.8. The molecule has 0 aliphatic carbocycles. The number of likely N-dealkylation sites (N-methyl/N-ethyl adjacent to an activating group) is 4. The van der Waals surface area contributed by atoms with Crippen molar-refractivity contribution in [3.63, 3.8) is 0 Å². The molecule has 10 nitrogen and oxygen atoms in total. The summed E-state index contributed by atoms with van der Waals surface area (Å²) >= 11 is 1.73. The summed E-state index contributed by atoms with van der Waals surface area (Å²) in [5.41, 5.74) is 25.2. The average Bonchev–Trinajstić information content (AvgIpc) is 1.63. The molecule has 126 heavy (non-hydrogen) atoms. The van der Waals surface area contributed by atoms with Gasteiger partial charge in [-0.3, -0.25) is 9.69 Å². The Morgan fingerprint density at radius 3 is 1.16 bits per heavy atom. The summed E-state index contributed by atoms with van der Waals surface area (Å²) in [6, 6.07) is 64.5. The Balaban J connectivity index is 0.000000166. The highest BCUT2D eigenvalue weighted by molar-refractivity contribution is 8.00. The first kappa shape index (κ1) is 103. The largest absolute Gasteiger partial charge is 0.371 e. The minimum Gasteiger partial charge on any atom is -0.371 e. The Bertz CT molecular complexity index is 4310. The highest BCUT2D eigenvalue weighted by Crippen LogP contribution is 2.36. The second kappa shape index (κ2) is 48.0. The number of hydrogen-bond donors (Lipinski definition) is 2. The summed E-state index contributed by atoms with van der Waals surface area (Å²) in [7, 11) is 8.79. The van der Waals surface area contributed by atoms with Crippen LogP contribution in [-0.2, 0) is 54.5 Å². The summed E-state index contributed by atoms with van der Waals surface area (Å²) < 4.78 is 5.83. The van der Waals surface area contributed by atoms with Crippen LogP contribution >= 0.6 is 11.8 Å². The standard InChI is InChI=1S/C18H28N2.C17H25N.C17H27N.C16H25NO.C16H25N.C16H23N.C15H21NOS/c1-18(2,3)13-15-6-8-16(9-7-15)20-12-11-19-10-4-5-17(19)14-20;1-17(2,3)13-14-5-7-15(8-6-14)16-9-11-18(4)12-10-16;1-17(2,3)12-14-7-9-15(10-8-14)16-6-5-11-18(4)13-16;1-16(2,3)11-13-5-7-14(8-6-13)15-12-17(4)9-10-18-15;1-16(2,3)11-13-5-7-14(8-6-13)15-9-10-17(4)12-15;1-16(2,3)12-13-4-6-14(7-5-13)15-8-10-17-11-9-15;1-15(2,3)10-11-4-6-12(7-5-11)13-14(17)16-8-9-18-13/h6-9,17H,4-5,10-14H2,1-3H3;5-9H,10-13H2,1-4H3;7-10,16H,5-6,11-13H2,1-4H3;5-8,15H,9-12H2,1-4H3;5-8,15H,9-12H2,1-4H3;4-8,17H,9-12H2,1-3H3;4-7,13H,8-10H2,1-3H3,(H,16,17). The number of carbonyl (C=O) groups excluding carboxylic acids is 1. The monoisotopic (exact) mass is 1730 g/mol. The zero-order chi connectivity index (χ0) is 91.6. The molecule has 5 atom stereocenters. The summed E-state index contributed by atoms with van der Waals surface area (Å²) in [6.45, 7) is 66.0. The van der Waals surface area contributed by atoms with E-state index < -0.39 is 0 Å². The first-order valence-corrected chi connectivity index (χ1v) is 49.8. The molecule has 0 aromatic heterocycles. The van der Waals surface area contributed by atoms with Gasteiger partial charge in [0.25, 0.3) is 0 Å². The molecular formula is C115H174N8O2S. The number of nitrogens with one attached hydrogen (secondary N) is 2. The molecule has 7 aromatic rings. The zero-order valence-electron chi connectivity index (χ0n) is 84.0. The van der Waals surface area contributed by atoms with E-state index in [9.17, 15) is 4.79 Å². The van der Waals surface area contributed by atoms with Gasteiger partial charge >= 0.3 is 0 Å². The van der Waals surface area contributed by atoms with E-state index in [0.717, 1.165) is 126 Å². The normalized spacial score (nSPS) is 20.8. The zero-order valence-corrected chi connectivity index (χ0v) is 84.9. The fourth-order valence-electron chi connectivity index (χ4n) is 18.8. The van der Waals surface area contributed by atoms with Gasteiger partial charge in [-0.2, -0.15) is 0 Å². The lowest BCUT2D eigenvalue weighted by atomic mass is 9.86. The number of benzene rings is 7. The van der Waals surface area contributed by atoms with Crippen LogP contribution in [0.3, 0.4) is 0 Å². The van der Waals surface area contributed by atoms with Crippen molar-refractivity contribution in [2.24, 2.45) is 37.9 Å². The van der Waals surface area contributed by atoms with E-state index >= 15 is 0 Å². The number of anilines is 1. The summed E-state index contributed by atoms with van der Waals surface area (Å²) in [5, 5.41) is 6.25. The number of rotatable bonds is 14. The third kappa shape index (κ3) is 38.4. The molecule has 0 spiro atoms. The van der Waals surface area contributed by atoms with Crippen LogP contribution < -0.4 is 15.5 Å². The van der Waals surface area contributed by atoms with Gasteiger partial charge < -0.3 is 39.9 Å². The van der Waals surface area contributed by atoms with Gasteiger partial charge in [-0.1, -0.05) is 315 Å². The van der Waals surface area contributed by atoms with Crippen molar-refractivity contribution in [3.8, 4) is 0 Å². The lowest BCUT2D eigenvalue weighted by molar-refractivity contribution is -0.120. The molecule has 11 heteroatoms. The molecule has 6 fully saturated rings. The molecule has 5 unspecified atom stereocenters. The Morgan fingerprint density at radius 1 is 0.365 bits per heavy atom. The van der Waals surface area contributed by atoms with E-state index in [1.54, 1.807) is 11.8 Å². The van der Waals surface area contributed by atoms with Crippen molar-refractivity contribution < 1.29 is 9.53 Å². The minimum absolute atomic E-state index is 0.0255. The Hall–Kier alpha value is -6.64. The second-order valence-electron chi connectivity index (χ2n) is 46.9. The molecule has 7 aromatic carbocycles. The Morgan fingerprint density at radius 2 is 0.762 bits per heavy atom. The van der Waals surface area contributed by atoms with Gasteiger partial charge in [0, 0.05) is 89.5 Å². The molecule has 6 saturated heterocycles. The van der Waals surface area contributed by atoms with Gasteiger partial charge in [-0.25, -0.2) is 0 Å². The number of nitrogens with zero attached hydrogens (tertiary/aromatic N) is 6. The number of piperidine rings is 1. The van der Waals surface area contributed by atoms with Crippen molar-refractivity contribution in [3.05, 3.63) is 254 Å². The number of thioether (sulfide) groups is 1. The van der Waals surface area contributed by atoms with Crippen LogP contribution in [0.15, 0.2) is 182 Å². The van der Waals surface area contributed by atoms with Gasteiger partial charge in [-0.05, 0) is 290 Å². The van der Waals surface area contributed by atoms with E-state index in [1.807, 2.05) is 0 Å². The third-order valence-corrected chi connectivity index (χ3v) is 26.2. The van der Waals surface area contributed by atoms with E-state index in [1.165, 1.54) is 181 Å². The predicted octanol–water partition coefficient (Wildman–Crippen LogP) is 25.4. The van der Waals surface area contributed by atoms with Crippen molar-refractivity contribution >= 4 is 34.5 Å². The summed E-state index contributed by atoms with van der Waals surface area (Å²) in [5.74, 6) is 2.64. The molecule has 8 aliphatic heterocycles. The Labute approximate surface area is 774 Å². The first-order chi connectivity index (χ1) is 59.3. The van der Waals surface area contributed by atoms with Gasteiger partial charge in [0.2, 0.25) is 5.91 Å². The number of amides is 1. The van der Waals surface area contributed by atoms with Gasteiger partial charge in [0.15, 0.2) is 0 Å². The van der Waals surface area contributed by atoms with Crippen LogP contribution in [0.1, 0.15) is 286 Å². The van der Waals surface area contributed by atoms with E-state index in [-0.39, 0.29) is 17.3 Å². The molecule has 692 valence electrons. The van der Waals surface area contributed by atoms with Crippen LogP contribution in [0.2, 0.25) is 0 Å². The van der Waals surface area contributed by atoms with Crippen molar-refractivity contribution in [2.75, 3.05) is 144 Å². The molecule has 0 bridgehead atoms. The fourth-order valence-corrected chi connectivity index (χ4v) is 19.8. The van der Waals surface area contributed by atoms with Crippen LogP contribution in [-0.4, -0.2) is 175 Å². The maximum Gasteiger partial charge on any atom is 0.237 e. The first-order valence-electron chi connectivity index (χ1n) is 48.7. The predicted molar refractivity (Wildman–Crippen MR) is 548 cm³/mol. The SMILES string of the molecule is CC(C)(C)Cc1ccc(C2=CCNCC2)cc1.CC(C)(C)Cc1ccc(C2SCCNC2=O)cc1.CC(C)(C)Cc1ccc(N2CCN3CCCC3C2)cc1.CN1CC=C(c2ccc(CC(C)(C)C)cc2)CC1.CN1CCC(c2ccc(CC(C)(C)C)cc2)C1.CN1CCCC(c2ccc(CC(C)(C)C)cc2)C1.CN1CCOC(c2ccc(CC(C)(C)C)cc2)C1. The van der Waals surface area contributed by atoms with Crippen LogP contribution in [0.4, 0.5) is 5.69 Å². The van der Waals surface area contributed by atoms with Crippen LogP contribution in [0, 0.1) is 37.9 Å². The smallest absolute Gasteiger partial charge is 0.237 e. The topological polar surface area (TPSA) is 69.8 Å². The lowest BCUT2D eigenvalue weighted by Gasteiger charge is -2.38. The Kier molecular flexibility index (Phi) is 39.2. The van der Waals surface area contributed by atoms with Gasteiger partial charge in [-0.15, -0.1) is 11.8 Å². The van der Waals surface area contributed by atoms with E-state index in [4.69, 9.17) is 4.74 Å². The van der Waals surface area contributed by atoms with Gasteiger partial charge in [0.05, 0.1) is 12.7 Å². The van der Waals surface area contributed by atoms with Crippen molar-refractivity contribution in [2.45, 2.75) is 265 Å². The number of hydrogen-bond acceptors (Lipinski definition) is 10. The average molecular weight is 1730 g/mol. The number of fused-ring (bicyclic) bond motifs is 1. The quantitative estimate of drug-likeness (QED) is 0.110. The molecule has 8 heterocycles. The molecule has 0 saturated carbocycles. The molecule has 0 radical (unpaired) electrons. The third-order valence-electron chi connectivity index (χ3n) is 24.9. The maximum atomic E-state index is 11.8. The summed E-state index contributed by atoms with van der Waals surface area (Å²) in [6.07, 6.45) is 22.0.